The van der Waals surface area contributed by atoms with Crippen molar-refractivity contribution in [2.24, 2.45) is 0 Å². The number of piperidine rings is 1. The number of nitrogens with one attached hydrogen (secondary N) is 1. The smallest absolute Gasteiger partial charge is 0.360 e. The van der Waals surface area contributed by atoms with Crippen molar-refractivity contribution >= 4 is 11.7 Å². The van der Waals surface area contributed by atoms with Crippen LogP contribution in [-0.2, 0) is 15.7 Å². The lowest BCUT2D eigenvalue weighted by atomic mass is 9.89. The molecule has 1 spiro atoms. The quantitative estimate of drug-likeness (QED) is 0.856. The Morgan fingerprint density at radius 3 is 2.74 bits per heavy atom. The van der Waals surface area contributed by atoms with E-state index in [1.54, 1.807) is 6.92 Å². The van der Waals surface area contributed by atoms with Crippen molar-refractivity contribution in [2.45, 2.75) is 37.6 Å². The number of anilines is 1. The normalized spacial score (nSPS) is 25.0. The molecule has 1 N–H and O–H groups in total. The van der Waals surface area contributed by atoms with Gasteiger partial charge in [-0.1, -0.05) is 0 Å². The molecule has 3 heterocycles. The first kappa shape index (κ1) is 16.2. The molecule has 1 unspecified atom stereocenters. The second kappa shape index (κ2) is 5.76. The van der Waals surface area contributed by atoms with Crippen LogP contribution in [0.25, 0.3) is 0 Å². The van der Waals surface area contributed by atoms with E-state index in [2.05, 4.69) is 10.3 Å². The molecule has 2 fully saturated rings. The fourth-order valence-corrected chi connectivity index (χ4v) is 3.22. The summed E-state index contributed by atoms with van der Waals surface area (Å²) in [5.41, 5.74) is -1.51. The second-order valence-corrected chi connectivity index (χ2v) is 5.99. The average molecular weight is 329 g/mol. The molecule has 0 aliphatic carbocycles. The minimum Gasteiger partial charge on any atom is -0.360 e. The number of halogens is 3. The first-order valence-corrected chi connectivity index (χ1v) is 7.55. The number of nitrogens with zero attached hydrogens (tertiary/aromatic N) is 2. The van der Waals surface area contributed by atoms with Gasteiger partial charge in [0.15, 0.2) is 0 Å². The third kappa shape index (κ3) is 3.05. The van der Waals surface area contributed by atoms with Gasteiger partial charge < -0.3 is 10.1 Å². The van der Waals surface area contributed by atoms with E-state index in [9.17, 15) is 18.0 Å². The average Bonchev–Trinajstić information content (AvgIpc) is 2.51. The van der Waals surface area contributed by atoms with E-state index in [1.807, 2.05) is 0 Å². The number of carbonyl (C=O) groups is 1. The molecule has 0 aromatic carbocycles. The molecule has 23 heavy (non-hydrogen) atoms. The molecule has 0 bridgehead atoms. The lowest BCUT2D eigenvalue weighted by Crippen LogP contribution is -2.61. The molecule has 1 aromatic rings. The number of amides is 1. The molecule has 2 aliphatic rings. The van der Waals surface area contributed by atoms with Crippen molar-refractivity contribution in [2.75, 3.05) is 24.5 Å². The number of carbonyl (C=O) groups excluding carboxylic acids is 1. The van der Waals surface area contributed by atoms with Gasteiger partial charge in [-0.3, -0.25) is 9.69 Å². The van der Waals surface area contributed by atoms with Gasteiger partial charge in [0, 0.05) is 6.20 Å². The van der Waals surface area contributed by atoms with Crippen LogP contribution in [0.3, 0.4) is 0 Å². The molecule has 126 valence electrons. The van der Waals surface area contributed by atoms with Gasteiger partial charge in [-0.15, -0.1) is 0 Å². The van der Waals surface area contributed by atoms with Crippen LogP contribution in [-0.4, -0.2) is 42.2 Å². The van der Waals surface area contributed by atoms with E-state index >= 15 is 0 Å². The number of rotatable bonds is 1. The van der Waals surface area contributed by atoms with Crippen molar-refractivity contribution in [1.29, 1.82) is 0 Å². The summed E-state index contributed by atoms with van der Waals surface area (Å²) in [5.74, 6) is -0.823. The largest absolute Gasteiger partial charge is 0.419 e. The first-order chi connectivity index (χ1) is 10.8. The van der Waals surface area contributed by atoms with Crippen LogP contribution in [0.2, 0.25) is 0 Å². The highest BCUT2D eigenvalue weighted by atomic mass is 19.4. The molecule has 0 saturated carbocycles. The summed E-state index contributed by atoms with van der Waals surface area (Å²) in [5, 5.41) is 3.19. The van der Waals surface area contributed by atoms with Crippen molar-refractivity contribution in [3.63, 3.8) is 0 Å². The third-order valence-corrected chi connectivity index (χ3v) is 4.35. The van der Waals surface area contributed by atoms with Crippen molar-refractivity contribution in [3.8, 4) is 0 Å². The summed E-state index contributed by atoms with van der Waals surface area (Å²) >= 11 is 0. The van der Waals surface area contributed by atoms with Gasteiger partial charge in [0.05, 0.1) is 17.7 Å². The summed E-state index contributed by atoms with van der Waals surface area (Å²) in [7, 11) is 0. The Labute approximate surface area is 131 Å². The number of hydrogen-bond donors (Lipinski definition) is 1. The summed E-state index contributed by atoms with van der Waals surface area (Å²) in [6.07, 6.45) is -2.78. The van der Waals surface area contributed by atoms with Gasteiger partial charge in [0.1, 0.15) is 11.9 Å². The van der Waals surface area contributed by atoms with Crippen LogP contribution in [0.1, 0.15) is 25.3 Å². The van der Waals surface area contributed by atoms with Gasteiger partial charge >= 0.3 is 6.18 Å². The fourth-order valence-electron chi connectivity index (χ4n) is 3.22. The molecule has 8 heteroatoms. The Bertz CT molecular complexity index is 600. The van der Waals surface area contributed by atoms with Crippen molar-refractivity contribution in [3.05, 3.63) is 23.9 Å². The SMILES string of the molecule is CC1OC2(CCNCC2)CN(c2ncccc2C(F)(F)F)C1=O. The molecule has 1 amide bonds. The number of ether oxygens (including phenoxy) is 1. The highest BCUT2D eigenvalue weighted by molar-refractivity contribution is 5.97. The van der Waals surface area contributed by atoms with E-state index in [-0.39, 0.29) is 12.4 Å². The zero-order valence-corrected chi connectivity index (χ0v) is 12.7. The molecule has 0 radical (unpaired) electrons. The Kier molecular flexibility index (Phi) is 4.05. The summed E-state index contributed by atoms with van der Waals surface area (Å²) < 4.78 is 45.6. The molecule has 2 saturated heterocycles. The molecule has 3 rings (SSSR count). The maximum atomic E-state index is 13.2. The number of morpholine rings is 1. The number of hydrogen-bond acceptors (Lipinski definition) is 4. The predicted octanol–water partition coefficient (Wildman–Crippen LogP) is 1.97. The van der Waals surface area contributed by atoms with Crippen LogP contribution in [0.15, 0.2) is 18.3 Å². The summed E-state index contributed by atoms with van der Waals surface area (Å²) in [6, 6.07) is 2.17. The van der Waals surface area contributed by atoms with Gasteiger partial charge in [0.25, 0.3) is 5.91 Å². The van der Waals surface area contributed by atoms with Crippen LogP contribution < -0.4 is 10.2 Å². The second-order valence-electron chi connectivity index (χ2n) is 5.99. The first-order valence-electron chi connectivity index (χ1n) is 7.55. The lowest BCUT2D eigenvalue weighted by Gasteiger charge is -2.47. The molecule has 2 aliphatic heterocycles. The molecule has 1 atom stereocenters. The van der Waals surface area contributed by atoms with Crippen LogP contribution in [0.4, 0.5) is 19.0 Å². The monoisotopic (exact) mass is 329 g/mol. The molecular weight excluding hydrogens is 311 g/mol. The zero-order valence-electron chi connectivity index (χ0n) is 12.7. The van der Waals surface area contributed by atoms with E-state index in [1.165, 1.54) is 12.3 Å². The minimum absolute atomic E-state index is 0.0952. The Balaban J connectivity index is 1.99. The Hall–Kier alpha value is -1.67. The fraction of sp³-hybridized carbons (Fsp3) is 0.600. The topological polar surface area (TPSA) is 54.5 Å². The third-order valence-electron chi connectivity index (χ3n) is 4.35. The standard InChI is InChI=1S/C15H18F3N3O2/c1-10-13(22)21(9-14(23-10)4-7-19-8-5-14)12-11(15(16,17)18)3-2-6-20-12/h2-3,6,10,19H,4-5,7-9H2,1H3. The van der Waals surface area contributed by atoms with Crippen molar-refractivity contribution < 1.29 is 22.7 Å². The van der Waals surface area contributed by atoms with Gasteiger partial charge in [0.2, 0.25) is 0 Å². The number of pyridine rings is 1. The lowest BCUT2D eigenvalue weighted by molar-refractivity contribution is -0.158. The Morgan fingerprint density at radius 1 is 1.39 bits per heavy atom. The Morgan fingerprint density at radius 2 is 2.09 bits per heavy atom. The van der Waals surface area contributed by atoms with Gasteiger partial charge in [-0.05, 0) is 45.0 Å². The predicted molar refractivity (Wildman–Crippen MR) is 77.0 cm³/mol. The van der Waals surface area contributed by atoms with E-state index in [0.29, 0.717) is 25.9 Å². The minimum atomic E-state index is -4.56. The zero-order chi connectivity index (χ0) is 16.7. The molecule has 1 aromatic heterocycles. The van der Waals surface area contributed by atoms with Gasteiger partial charge in [-0.2, -0.15) is 13.2 Å². The van der Waals surface area contributed by atoms with Crippen LogP contribution >= 0.6 is 0 Å². The maximum Gasteiger partial charge on any atom is 0.419 e. The summed E-state index contributed by atoms with van der Waals surface area (Å²) in [4.78, 5) is 17.4. The number of aromatic nitrogens is 1. The highest BCUT2D eigenvalue weighted by Gasteiger charge is 2.47. The number of alkyl halides is 3. The molecule has 5 nitrogen and oxygen atoms in total. The highest BCUT2D eigenvalue weighted by Crippen LogP contribution is 2.39. The van der Waals surface area contributed by atoms with Crippen molar-refractivity contribution in [1.82, 2.24) is 10.3 Å². The van der Waals surface area contributed by atoms with Crippen LogP contribution in [0.5, 0.6) is 0 Å². The van der Waals surface area contributed by atoms with E-state index < -0.39 is 29.4 Å². The molecular formula is C15H18F3N3O2. The summed E-state index contributed by atoms with van der Waals surface area (Å²) in [6.45, 7) is 3.10. The maximum absolute atomic E-state index is 13.2. The van der Waals surface area contributed by atoms with Crippen LogP contribution in [0, 0.1) is 0 Å². The van der Waals surface area contributed by atoms with E-state index in [4.69, 9.17) is 4.74 Å². The van der Waals surface area contributed by atoms with E-state index in [0.717, 1.165) is 11.0 Å². The van der Waals surface area contributed by atoms with Gasteiger partial charge in [-0.25, -0.2) is 4.98 Å².